The summed E-state index contributed by atoms with van der Waals surface area (Å²) < 4.78 is 0. The first-order chi connectivity index (χ1) is 8.52. The summed E-state index contributed by atoms with van der Waals surface area (Å²) in [6, 6.07) is 3.77. The van der Waals surface area contributed by atoms with Crippen molar-refractivity contribution in [1.29, 1.82) is 0 Å². The van der Waals surface area contributed by atoms with E-state index in [9.17, 15) is 4.79 Å². The van der Waals surface area contributed by atoms with Gasteiger partial charge in [-0.25, -0.2) is 0 Å². The summed E-state index contributed by atoms with van der Waals surface area (Å²) in [6.07, 6.45) is 1.71. The molecule has 1 aromatic rings. The largest absolute Gasteiger partial charge is 0.365 e. The molecule has 0 saturated heterocycles. The summed E-state index contributed by atoms with van der Waals surface area (Å²) >= 11 is 0. The third kappa shape index (κ3) is 4.71. The minimum atomic E-state index is 0.0253. The number of rotatable bonds is 6. The lowest BCUT2D eigenvalue weighted by Crippen LogP contribution is -2.36. The van der Waals surface area contributed by atoms with E-state index in [0.29, 0.717) is 25.6 Å². The second-order valence-electron chi connectivity index (χ2n) is 4.76. The lowest BCUT2D eigenvalue weighted by atomic mass is 10.2. The van der Waals surface area contributed by atoms with Crippen molar-refractivity contribution in [3.8, 4) is 0 Å². The van der Waals surface area contributed by atoms with Crippen LogP contribution in [0.3, 0.4) is 0 Å². The molecule has 0 unspecified atom stereocenters. The van der Waals surface area contributed by atoms with E-state index in [1.165, 1.54) is 0 Å². The van der Waals surface area contributed by atoms with Crippen molar-refractivity contribution in [2.45, 2.75) is 20.4 Å². The van der Waals surface area contributed by atoms with Gasteiger partial charge < -0.3 is 16.0 Å². The third-order valence-corrected chi connectivity index (χ3v) is 2.54. The van der Waals surface area contributed by atoms with Crippen LogP contribution in [0.25, 0.3) is 0 Å². The maximum Gasteiger partial charge on any atom is 0.239 e. The Morgan fingerprint density at radius 2 is 2.28 bits per heavy atom. The van der Waals surface area contributed by atoms with Gasteiger partial charge in [-0.05, 0) is 18.1 Å². The van der Waals surface area contributed by atoms with E-state index < -0.39 is 0 Å². The second kappa shape index (κ2) is 6.96. The predicted octanol–water partition coefficient (Wildman–Crippen LogP) is 0.749. The highest BCUT2D eigenvalue weighted by atomic mass is 16.2. The van der Waals surface area contributed by atoms with Crippen molar-refractivity contribution in [1.82, 2.24) is 10.3 Å². The van der Waals surface area contributed by atoms with Crippen LogP contribution in [0, 0.1) is 5.92 Å². The first-order valence-corrected chi connectivity index (χ1v) is 6.15. The van der Waals surface area contributed by atoms with Crippen molar-refractivity contribution in [2.24, 2.45) is 11.7 Å². The molecule has 5 nitrogen and oxygen atoms in total. The number of carbonyl (C=O) groups is 1. The van der Waals surface area contributed by atoms with Crippen molar-refractivity contribution in [3.05, 3.63) is 24.0 Å². The summed E-state index contributed by atoms with van der Waals surface area (Å²) in [4.78, 5) is 17.7. The normalized spacial score (nSPS) is 10.5. The quantitative estimate of drug-likeness (QED) is 0.781. The summed E-state index contributed by atoms with van der Waals surface area (Å²) in [5.74, 6) is 0.487. The Hall–Kier alpha value is -1.62. The molecule has 5 heteroatoms. The molecule has 0 spiro atoms. The smallest absolute Gasteiger partial charge is 0.239 e. The molecule has 1 aromatic heterocycles. The monoisotopic (exact) mass is 250 g/mol. The molecular weight excluding hydrogens is 228 g/mol. The minimum absolute atomic E-state index is 0.0253. The minimum Gasteiger partial charge on any atom is -0.365 e. The van der Waals surface area contributed by atoms with Gasteiger partial charge in [0.05, 0.1) is 12.2 Å². The first-order valence-electron chi connectivity index (χ1n) is 6.15. The third-order valence-electron chi connectivity index (χ3n) is 2.54. The molecule has 0 fully saturated rings. The molecule has 18 heavy (non-hydrogen) atoms. The Bertz CT molecular complexity index is 392. The van der Waals surface area contributed by atoms with E-state index in [1.54, 1.807) is 6.20 Å². The van der Waals surface area contributed by atoms with Crippen molar-refractivity contribution < 1.29 is 4.79 Å². The Balaban J connectivity index is 2.53. The lowest BCUT2D eigenvalue weighted by molar-refractivity contribution is -0.119. The number of nitrogens with zero attached hydrogens (tertiary/aromatic N) is 2. The molecule has 1 heterocycles. The Morgan fingerprint density at radius 1 is 1.56 bits per heavy atom. The van der Waals surface area contributed by atoms with Crippen LogP contribution in [0.2, 0.25) is 0 Å². The van der Waals surface area contributed by atoms with Crippen LogP contribution in [0.5, 0.6) is 0 Å². The van der Waals surface area contributed by atoms with Gasteiger partial charge in [-0.3, -0.25) is 9.78 Å². The van der Waals surface area contributed by atoms with Gasteiger partial charge in [0.15, 0.2) is 0 Å². The van der Waals surface area contributed by atoms with Gasteiger partial charge in [0, 0.05) is 32.0 Å². The molecular formula is C13H22N4O. The van der Waals surface area contributed by atoms with Gasteiger partial charge in [-0.2, -0.15) is 0 Å². The summed E-state index contributed by atoms with van der Waals surface area (Å²) in [6.45, 7) is 5.58. The molecule has 0 aliphatic heterocycles. The van der Waals surface area contributed by atoms with Crippen molar-refractivity contribution in [2.75, 3.05) is 25.0 Å². The number of likely N-dealkylation sites (N-methyl/N-ethyl adjacent to an activating group) is 1. The summed E-state index contributed by atoms with van der Waals surface area (Å²) in [5, 5.41) is 2.89. The zero-order chi connectivity index (χ0) is 13.5. The average Bonchev–Trinajstić information content (AvgIpc) is 2.36. The van der Waals surface area contributed by atoms with Gasteiger partial charge in [0.25, 0.3) is 0 Å². The summed E-state index contributed by atoms with van der Waals surface area (Å²) in [5.41, 5.74) is 7.31. The van der Waals surface area contributed by atoms with Gasteiger partial charge in [-0.15, -0.1) is 0 Å². The highest BCUT2D eigenvalue weighted by molar-refractivity contribution is 5.81. The molecule has 0 radical (unpaired) electrons. The molecule has 3 N–H and O–H groups in total. The van der Waals surface area contributed by atoms with E-state index in [0.717, 1.165) is 11.4 Å². The predicted molar refractivity (Wildman–Crippen MR) is 73.2 cm³/mol. The van der Waals surface area contributed by atoms with E-state index >= 15 is 0 Å². The van der Waals surface area contributed by atoms with Gasteiger partial charge in [0.2, 0.25) is 5.91 Å². The number of hydrogen-bond acceptors (Lipinski definition) is 4. The van der Waals surface area contributed by atoms with E-state index in [2.05, 4.69) is 24.1 Å². The highest BCUT2D eigenvalue weighted by Gasteiger charge is 2.08. The zero-order valence-electron chi connectivity index (χ0n) is 11.3. The van der Waals surface area contributed by atoms with E-state index in [4.69, 9.17) is 5.73 Å². The number of nitrogens with two attached hydrogens (primary N) is 1. The second-order valence-corrected chi connectivity index (χ2v) is 4.76. The van der Waals surface area contributed by atoms with Crippen LogP contribution in [-0.4, -0.2) is 31.0 Å². The van der Waals surface area contributed by atoms with E-state index in [1.807, 2.05) is 24.1 Å². The number of pyridine rings is 1. The van der Waals surface area contributed by atoms with Crippen LogP contribution < -0.4 is 16.0 Å². The summed E-state index contributed by atoms with van der Waals surface area (Å²) in [7, 11) is 1.88. The van der Waals surface area contributed by atoms with Crippen LogP contribution in [-0.2, 0) is 11.3 Å². The van der Waals surface area contributed by atoms with Gasteiger partial charge in [-0.1, -0.05) is 13.8 Å². The Labute approximate surface area is 108 Å². The maximum absolute atomic E-state index is 11.7. The molecule has 1 rings (SSSR count). The molecule has 0 saturated carbocycles. The van der Waals surface area contributed by atoms with Gasteiger partial charge in [0.1, 0.15) is 0 Å². The van der Waals surface area contributed by atoms with Crippen LogP contribution >= 0.6 is 0 Å². The highest BCUT2D eigenvalue weighted by Crippen LogP contribution is 2.12. The number of anilines is 1. The van der Waals surface area contributed by atoms with Crippen molar-refractivity contribution >= 4 is 11.6 Å². The maximum atomic E-state index is 11.7. The number of amides is 1. The SMILES string of the molecule is CC(C)CNC(=O)CN(C)c1ccnc(CN)c1. The molecule has 100 valence electrons. The lowest BCUT2D eigenvalue weighted by Gasteiger charge is -2.19. The van der Waals surface area contributed by atoms with E-state index in [-0.39, 0.29) is 5.91 Å². The fourth-order valence-corrected chi connectivity index (χ4v) is 1.50. The van der Waals surface area contributed by atoms with Crippen molar-refractivity contribution in [3.63, 3.8) is 0 Å². The standard InChI is InChI=1S/C13H22N4O/c1-10(2)8-16-13(18)9-17(3)12-4-5-15-11(6-12)7-14/h4-6,10H,7-9,14H2,1-3H3,(H,16,18). The molecule has 1 amide bonds. The molecule has 0 aliphatic carbocycles. The molecule has 0 atom stereocenters. The van der Waals surface area contributed by atoms with Crippen LogP contribution in [0.1, 0.15) is 19.5 Å². The Kier molecular flexibility index (Phi) is 5.58. The number of hydrogen-bond donors (Lipinski definition) is 2. The van der Waals surface area contributed by atoms with Crippen LogP contribution in [0.15, 0.2) is 18.3 Å². The number of aromatic nitrogens is 1. The number of nitrogens with one attached hydrogen (secondary N) is 1. The topological polar surface area (TPSA) is 71.2 Å². The van der Waals surface area contributed by atoms with Gasteiger partial charge >= 0.3 is 0 Å². The average molecular weight is 250 g/mol. The molecule has 0 aromatic carbocycles. The fourth-order valence-electron chi connectivity index (χ4n) is 1.50. The number of carbonyl (C=O) groups excluding carboxylic acids is 1. The molecule has 0 aliphatic rings. The first kappa shape index (κ1) is 14.4. The molecule has 0 bridgehead atoms. The fraction of sp³-hybridized carbons (Fsp3) is 0.538. The zero-order valence-corrected chi connectivity index (χ0v) is 11.3. The van der Waals surface area contributed by atoms with Crippen LogP contribution in [0.4, 0.5) is 5.69 Å². The Morgan fingerprint density at radius 3 is 2.89 bits per heavy atom.